The lowest BCUT2D eigenvalue weighted by Crippen LogP contribution is -2.51. The van der Waals surface area contributed by atoms with E-state index < -0.39 is 11.9 Å². The van der Waals surface area contributed by atoms with Gasteiger partial charge in [0.05, 0.1) is 37.6 Å². The van der Waals surface area contributed by atoms with Gasteiger partial charge in [-0.2, -0.15) is 5.26 Å². The van der Waals surface area contributed by atoms with Crippen LogP contribution in [-0.4, -0.2) is 56.6 Å². The molecular formula is C34H42N6O4. The van der Waals surface area contributed by atoms with Crippen molar-refractivity contribution in [1.82, 2.24) is 15.5 Å². The molecule has 0 aliphatic rings. The lowest BCUT2D eigenvalue weighted by atomic mass is 9.93. The number of benzene rings is 3. The summed E-state index contributed by atoms with van der Waals surface area (Å²) in [6.07, 6.45) is 2.08. The molecule has 0 heterocycles. The summed E-state index contributed by atoms with van der Waals surface area (Å²) in [5, 5.41) is 15.9. The van der Waals surface area contributed by atoms with Crippen molar-refractivity contribution in [2.75, 3.05) is 27.8 Å². The summed E-state index contributed by atoms with van der Waals surface area (Å²) in [6, 6.07) is 17.6. The topological polar surface area (TPSA) is 156 Å². The lowest BCUT2D eigenvalue weighted by molar-refractivity contribution is -0.136. The third-order valence-electron chi connectivity index (χ3n) is 7.68. The lowest BCUT2D eigenvalue weighted by Gasteiger charge is -2.33. The maximum Gasteiger partial charge on any atom is 0.248 e. The van der Waals surface area contributed by atoms with Gasteiger partial charge in [0.25, 0.3) is 0 Å². The number of rotatable bonds is 14. The van der Waals surface area contributed by atoms with Crippen molar-refractivity contribution >= 4 is 17.5 Å². The molecule has 232 valence electrons. The Hall–Kier alpha value is -5.01. The molecular weight excluding hydrogens is 556 g/mol. The quantitative estimate of drug-likeness (QED) is 0.220. The summed E-state index contributed by atoms with van der Waals surface area (Å²) >= 11 is 0. The second kappa shape index (κ2) is 15.5. The van der Waals surface area contributed by atoms with Crippen LogP contribution in [-0.2, 0) is 17.8 Å². The van der Waals surface area contributed by atoms with Crippen LogP contribution in [0.3, 0.4) is 0 Å². The van der Waals surface area contributed by atoms with Crippen LogP contribution in [0.25, 0.3) is 5.70 Å². The first kappa shape index (κ1) is 33.5. The molecule has 0 saturated carbocycles. The Labute approximate surface area is 259 Å². The zero-order chi connectivity index (χ0) is 32.4. The molecule has 0 fully saturated rings. The molecule has 3 aromatic carbocycles. The number of nitriles is 1. The van der Waals surface area contributed by atoms with Crippen LogP contribution in [0, 0.1) is 25.2 Å². The molecule has 0 aliphatic carbocycles. The first-order valence-corrected chi connectivity index (χ1v) is 14.3. The third-order valence-corrected chi connectivity index (χ3v) is 7.68. The third kappa shape index (κ3) is 8.08. The van der Waals surface area contributed by atoms with Crippen LogP contribution in [0.2, 0.25) is 0 Å². The summed E-state index contributed by atoms with van der Waals surface area (Å²) in [5.41, 5.74) is 17.4. The average Bonchev–Trinajstić information content (AvgIpc) is 3.02. The Morgan fingerprint density at radius 2 is 1.68 bits per heavy atom. The molecule has 10 heteroatoms. The van der Waals surface area contributed by atoms with Crippen molar-refractivity contribution in [3.63, 3.8) is 0 Å². The predicted molar refractivity (Wildman–Crippen MR) is 172 cm³/mol. The van der Waals surface area contributed by atoms with E-state index in [1.807, 2.05) is 49.9 Å². The Kier molecular flexibility index (Phi) is 11.8. The van der Waals surface area contributed by atoms with E-state index in [1.54, 1.807) is 57.8 Å². The molecule has 44 heavy (non-hydrogen) atoms. The number of likely N-dealkylation sites (N-methyl/N-ethyl adjacent to an activating group) is 1. The minimum atomic E-state index is -0.544. The number of nitrogens with two attached hydrogens (primary N) is 2. The molecule has 3 rings (SSSR count). The van der Waals surface area contributed by atoms with Crippen molar-refractivity contribution in [1.29, 1.82) is 5.26 Å². The van der Waals surface area contributed by atoms with Gasteiger partial charge in [0, 0.05) is 36.5 Å². The van der Waals surface area contributed by atoms with Gasteiger partial charge in [-0.3, -0.25) is 9.59 Å². The maximum atomic E-state index is 14.2. The van der Waals surface area contributed by atoms with Crippen LogP contribution in [0.4, 0.5) is 0 Å². The normalized spacial score (nSPS) is 12.5. The van der Waals surface area contributed by atoms with Gasteiger partial charge < -0.3 is 36.5 Å². The van der Waals surface area contributed by atoms with Crippen LogP contribution in [0.1, 0.15) is 50.7 Å². The molecule has 2 unspecified atom stereocenters. The highest BCUT2D eigenvalue weighted by Crippen LogP contribution is 2.29. The van der Waals surface area contributed by atoms with E-state index in [4.69, 9.17) is 20.9 Å². The zero-order valence-electron chi connectivity index (χ0n) is 26.2. The minimum Gasteiger partial charge on any atom is -0.493 e. The van der Waals surface area contributed by atoms with Gasteiger partial charge in [0.1, 0.15) is 0 Å². The number of nitrogens with zero attached hydrogens (tertiary/aromatic N) is 2. The fourth-order valence-corrected chi connectivity index (χ4v) is 5.16. The second-order valence-electron chi connectivity index (χ2n) is 10.7. The van der Waals surface area contributed by atoms with Crippen molar-refractivity contribution in [2.24, 2.45) is 11.5 Å². The number of primary amides is 1. The molecule has 0 aliphatic heterocycles. The minimum absolute atomic E-state index is 0.0962. The fraction of sp³-hybridized carbons (Fsp3) is 0.324. The van der Waals surface area contributed by atoms with Crippen LogP contribution in [0.15, 0.2) is 60.8 Å². The van der Waals surface area contributed by atoms with E-state index in [0.29, 0.717) is 53.4 Å². The average molecular weight is 599 g/mol. The highest BCUT2D eigenvalue weighted by Gasteiger charge is 2.28. The summed E-state index contributed by atoms with van der Waals surface area (Å²) < 4.78 is 10.9. The van der Waals surface area contributed by atoms with Gasteiger partial charge in [-0.05, 0) is 86.8 Å². The van der Waals surface area contributed by atoms with Crippen molar-refractivity contribution in [2.45, 2.75) is 45.8 Å². The zero-order valence-corrected chi connectivity index (χ0v) is 26.2. The summed E-state index contributed by atoms with van der Waals surface area (Å²) in [6.45, 7) is 6.51. The molecule has 6 N–H and O–H groups in total. The smallest absolute Gasteiger partial charge is 0.248 e. The standard InChI is InChI=1S/C34H42N6O4/c1-21-13-26(33(37)41)14-22(2)28(21)16-30(38-4)34(42)40(20-24-11-12-31(43-5)32(15-24)44-6)23(3)18-39-19-29(36)27-10-8-7-9-25(27)17-35/h7-15,19,23,30,38-39H,16,18,20,36H2,1-6H3,(H2,37,41)/b29-19-. The van der Waals surface area contributed by atoms with Gasteiger partial charge in [0.15, 0.2) is 11.5 Å². The van der Waals surface area contributed by atoms with Crippen molar-refractivity contribution in [3.8, 4) is 17.6 Å². The first-order valence-electron chi connectivity index (χ1n) is 14.3. The van der Waals surface area contributed by atoms with Crippen LogP contribution >= 0.6 is 0 Å². The number of hydrogen-bond donors (Lipinski definition) is 4. The molecule has 2 amide bonds. The van der Waals surface area contributed by atoms with Gasteiger partial charge in [-0.25, -0.2) is 0 Å². The fourth-order valence-electron chi connectivity index (χ4n) is 5.16. The number of methoxy groups -OCH3 is 2. The second-order valence-corrected chi connectivity index (χ2v) is 10.7. The van der Waals surface area contributed by atoms with E-state index in [-0.39, 0.29) is 11.9 Å². The van der Waals surface area contributed by atoms with Crippen molar-refractivity contribution in [3.05, 3.63) is 99.7 Å². The molecule has 0 aromatic heterocycles. The SMILES string of the molecule is CNC(Cc1c(C)cc(C(N)=O)cc1C)C(=O)N(Cc1ccc(OC)c(OC)c1)C(C)CN/C=C(\N)c1ccccc1C#N. The Balaban J connectivity index is 1.90. The monoisotopic (exact) mass is 598 g/mol. The van der Waals surface area contributed by atoms with E-state index in [9.17, 15) is 14.9 Å². The van der Waals surface area contributed by atoms with Gasteiger partial charge in [0.2, 0.25) is 11.8 Å². The van der Waals surface area contributed by atoms with E-state index >= 15 is 0 Å². The molecule has 0 bridgehead atoms. The highest BCUT2D eigenvalue weighted by molar-refractivity contribution is 5.93. The van der Waals surface area contributed by atoms with E-state index in [1.165, 1.54) is 0 Å². The first-order chi connectivity index (χ1) is 21.0. The molecule has 10 nitrogen and oxygen atoms in total. The van der Waals surface area contributed by atoms with Crippen LogP contribution in [0.5, 0.6) is 11.5 Å². The molecule has 2 atom stereocenters. The Bertz CT molecular complexity index is 1540. The number of hydrogen-bond acceptors (Lipinski definition) is 8. The highest BCUT2D eigenvalue weighted by atomic mass is 16.5. The molecule has 0 spiro atoms. The largest absolute Gasteiger partial charge is 0.493 e. The van der Waals surface area contributed by atoms with E-state index in [2.05, 4.69) is 16.7 Å². The number of nitrogens with one attached hydrogen (secondary N) is 2. The molecule has 0 saturated heterocycles. The number of ether oxygens (including phenoxy) is 2. The summed E-state index contributed by atoms with van der Waals surface area (Å²) in [4.78, 5) is 27.8. The van der Waals surface area contributed by atoms with Gasteiger partial charge >= 0.3 is 0 Å². The molecule has 3 aromatic rings. The molecule has 0 radical (unpaired) electrons. The van der Waals surface area contributed by atoms with Gasteiger partial charge in [-0.15, -0.1) is 0 Å². The Morgan fingerprint density at radius 3 is 2.27 bits per heavy atom. The summed E-state index contributed by atoms with van der Waals surface area (Å²) in [5.74, 6) is 0.583. The number of carbonyl (C=O) groups excluding carboxylic acids is 2. The maximum absolute atomic E-state index is 14.2. The Morgan fingerprint density at radius 1 is 1.02 bits per heavy atom. The van der Waals surface area contributed by atoms with E-state index in [0.717, 1.165) is 22.3 Å². The number of amides is 2. The number of aryl methyl sites for hydroxylation is 2. The number of carbonyl (C=O) groups is 2. The van der Waals surface area contributed by atoms with Crippen molar-refractivity contribution < 1.29 is 19.1 Å². The summed E-state index contributed by atoms with van der Waals surface area (Å²) in [7, 11) is 4.91. The predicted octanol–water partition coefficient (Wildman–Crippen LogP) is 3.39. The van der Waals surface area contributed by atoms with Gasteiger partial charge in [-0.1, -0.05) is 24.3 Å². The van der Waals surface area contributed by atoms with Crippen LogP contribution < -0.4 is 31.6 Å².